The molecular weight excluding hydrogens is 956 g/mol. The van der Waals surface area contributed by atoms with E-state index in [1.165, 1.54) is 63.5 Å². The molecule has 13 rings (SSSR count). The van der Waals surface area contributed by atoms with Crippen molar-refractivity contribution in [2.24, 2.45) is 0 Å². The minimum Gasteiger partial charge on any atom is -0.0622 e. The van der Waals surface area contributed by atoms with Crippen molar-refractivity contribution in [3.63, 3.8) is 0 Å². The van der Waals surface area contributed by atoms with Crippen molar-refractivity contribution in [3.8, 4) is 39.6 Å². The quantitative estimate of drug-likeness (QED) is 0.116. The number of nitrogens with zero attached hydrogens (tertiary/aromatic N) is 3. The normalized spacial score (nSPS) is 15.5. The first-order valence-corrected chi connectivity index (χ1v) is 30.8. The van der Waals surface area contributed by atoms with E-state index in [1.807, 2.05) is 6.20 Å². The molecule has 0 atom stereocenters. The number of para-hydroxylation sites is 3. The van der Waals surface area contributed by atoms with Crippen LogP contribution in [-0.2, 0) is 5.41 Å². The molecule has 1 spiro atoms. The Morgan fingerprint density at radius 1 is 0.542 bits per heavy atom. The number of hydrogen-bond acceptors (Lipinski definition) is 4. The first-order chi connectivity index (χ1) is 35.2. The van der Waals surface area contributed by atoms with Gasteiger partial charge in [0, 0.05) is 11.1 Å². The van der Waals surface area contributed by atoms with Crippen LogP contribution in [0.15, 0.2) is 225 Å². The van der Waals surface area contributed by atoms with Crippen LogP contribution in [0.3, 0.4) is 0 Å². The van der Waals surface area contributed by atoms with Gasteiger partial charge in [-0.1, -0.05) is 78.9 Å². The molecule has 4 heterocycles. The van der Waals surface area contributed by atoms with E-state index in [0.717, 1.165) is 45.6 Å². The van der Waals surface area contributed by atoms with Crippen molar-refractivity contribution in [1.82, 2.24) is 9.55 Å². The van der Waals surface area contributed by atoms with E-state index in [2.05, 4.69) is 268 Å². The molecule has 7 heteroatoms. The zero-order chi connectivity index (χ0) is 48.7. The second-order valence-electron chi connectivity index (χ2n) is 20.2. The van der Waals surface area contributed by atoms with Crippen molar-refractivity contribution in [2.45, 2.75) is 26.2 Å². The third-order valence-corrected chi connectivity index (χ3v) is 28.4. The Balaban J connectivity index is 0.943. The van der Waals surface area contributed by atoms with E-state index in [1.54, 1.807) is 8.79 Å². The number of anilines is 4. The summed E-state index contributed by atoms with van der Waals surface area (Å²) in [6.07, 6.45) is 1.97. The molecule has 9 aromatic carbocycles. The number of benzene rings is 9. The Kier molecular flexibility index (Phi) is 10.6. The molecule has 72 heavy (non-hydrogen) atoms. The first-order valence-electron chi connectivity index (χ1n) is 24.8. The molecule has 348 valence electrons. The molecule has 2 aromatic heterocycles. The molecule has 0 bridgehead atoms. The summed E-state index contributed by atoms with van der Waals surface area (Å²) in [6, 6.07) is 79.9. The molecule has 1 N–H and O–H groups in total. The second-order valence-corrected chi connectivity index (χ2v) is 29.9. The molecule has 2 aliphatic heterocycles. The van der Waals surface area contributed by atoms with Gasteiger partial charge in [-0.2, -0.15) is 0 Å². The van der Waals surface area contributed by atoms with E-state index in [9.17, 15) is 0 Å². The fraction of sp³-hybridized carbons (Fsp3) is 0.0923. The van der Waals surface area contributed by atoms with Crippen molar-refractivity contribution in [1.29, 1.82) is 0 Å². The van der Waals surface area contributed by atoms with Gasteiger partial charge in [0.15, 0.2) is 0 Å². The summed E-state index contributed by atoms with van der Waals surface area (Å²) >= 11 is -3.65. The first kappa shape index (κ1) is 44.3. The van der Waals surface area contributed by atoms with Crippen molar-refractivity contribution < 1.29 is 4.74 Å². The molecule has 0 fully saturated rings. The Bertz CT molecular complexity index is 3810. The van der Waals surface area contributed by atoms with E-state index >= 15 is 0 Å². The summed E-state index contributed by atoms with van der Waals surface area (Å²) in [4.78, 5) is 7.43. The molecule has 0 aliphatic carbocycles. The van der Waals surface area contributed by atoms with Gasteiger partial charge in [0.25, 0.3) is 0 Å². The van der Waals surface area contributed by atoms with Crippen LogP contribution >= 0.6 is 7.92 Å². The predicted molar refractivity (Wildman–Crippen MR) is 308 cm³/mol. The zero-order valence-electron chi connectivity index (χ0n) is 41.1. The number of nitrogens with one attached hydrogen (secondary N) is 1. The summed E-state index contributed by atoms with van der Waals surface area (Å²) < 4.78 is 15.6. The van der Waals surface area contributed by atoms with Crippen molar-refractivity contribution >= 4 is 93.9 Å². The molecule has 2 aliphatic rings. The van der Waals surface area contributed by atoms with E-state index < -0.39 is 21.2 Å². The molecule has 0 amide bonds. The van der Waals surface area contributed by atoms with Gasteiger partial charge >= 0.3 is 327 Å². The van der Waals surface area contributed by atoms with Crippen LogP contribution in [0.1, 0.15) is 26.3 Å². The Morgan fingerprint density at radius 2 is 1.14 bits per heavy atom. The van der Waals surface area contributed by atoms with Gasteiger partial charge in [-0.15, -0.1) is 0 Å². The molecule has 0 unspecified atom stereocenters. The number of aromatic nitrogens is 2. The van der Waals surface area contributed by atoms with E-state index in [-0.39, 0.29) is 5.41 Å². The van der Waals surface area contributed by atoms with Gasteiger partial charge in [-0.3, -0.25) is 0 Å². The molecule has 5 nitrogen and oxygen atoms in total. The fourth-order valence-corrected chi connectivity index (χ4v) is 28.6. The van der Waals surface area contributed by atoms with Crippen LogP contribution in [0, 0.1) is 0 Å². The summed E-state index contributed by atoms with van der Waals surface area (Å²) in [5.74, 6) is 2.50. The maximum atomic E-state index is 7.22. The maximum absolute atomic E-state index is 7.22. The number of pyridine rings is 1. The second kappa shape index (κ2) is 17.3. The standard InChI is InChI=1S/C65H53GeN4OP/c1-65(2,3)45-37-38-67-61(39-45)70-57-34-20-31-53-62(57)63-54(66(53)51-29-12-16-35-59(51)72(5)60-36-17-13-30-52(60)66)41-48(42-58(63)70)71-47-26-18-25-46(40-47)68-55-32-14-15-33-56(55)69(4)64-49(43-21-8-6-9-22-43)27-19-28-50(64)44-23-10-7-11-24-44/h6-42,68H,1-5H3. The topological polar surface area (TPSA) is 42.3 Å². The average molecular weight is 1010 g/mol. The van der Waals surface area contributed by atoms with Crippen LogP contribution in [0.5, 0.6) is 11.5 Å². The van der Waals surface area contributed by atoms with E-state index in [0.29, 0.717) is 0 Å². The van der Waals surface area contributed by atoms with Gasteiger partial charge in [-0.05, 0) is 11.1 Å². The molecular formula is C65H53GeN4OP. The summed E-state index contributed by atoms with van der Waals surface area (Å²) in [7, 11) is 1.65. The summed E-state index contributed by atoms with van der Waals surface area (Å²) in [5.41, 5.74) is 12.3. The fourth-order valence-electron chi connectivity index (χ4n) is 11.8. The smallest absolute Gasteiger partial charge is 0.0622 e. The van der Waals surface area contributed by atoms with Crippen molar-refractivity contribution in [2.75, 3.05) is 23.9 Å². The monoisotopic (exact) mass is 1010 g/mol. The van der Waals surface area contributed by atoms with Crippen molar-refractivity contribution in [3.05, 3.63) is 230 Å². The Morgan fingerprint density at radius 3 is 1.83 bits per heavy atom. The SMILES string of the molecule is CN(c1ccccc1Nc1cccc(Oc2c[c]3c4c5[c](cccc5n(-c5cc(C(C)(C)C)ccn5)c4c2)[Ge]32[c]3ccccc3P(C)c3cccc[c]32)c1)c1c(-c2ccccc2)cccc1-c1ccccc1. The van der Waals surface area contributed by atoms with Crippen LogP contribution in [-0.4, -0.2) is 36.5 Å². The number of ether oxygens (including phenoxy) is 1. The average Bonchev–Trinajstić information content (AvgIpc) is 3.93. The molecule has 0 radical (unpaired) electrons. The summed E-state index contributed by atoms with van der Waals surface area (Å²) in [6.45, 7) is 9.26. The van der Waals surface area contributed by atoms with Gasteiger partial charge in [0.2, 0.25) is 0 Å². The minimum atomic E-state index is -3.65. The predicted octanol–water partition coefficient (Wildman–Crippen LogP) is 13.2. The van der Waals surface area contributed by atoms with Crippen LogP contribution in [0.25, 0.3) is 49.9 Å². The van der Waals surface area contributed by atoms with Gasteiger partial charge < -0.3 is 0 Å². The van der Waals surface area contributed by atoms with Crippen LogP contribution in [0.2, 0.25) is 0 Å². The number of hydrogen-bond donors (Lipinski definition) is 1. The van der Waals surface area contributed by atoms with Gasteiger partial charge in [0.05, 0.1) is 0 Å². The third-order valence-electron chi connectivity index (χ3n) is 15.0. The number of rotatable bonds is 9. The van der Waals surface area contributed by atoms with Gasteiger partial charge in [0.1, 0.15) is 0 Å². The molecule has 0 saturated heterocycles. The van der Waals surface area contributed by atoms with Gasteiger partial charge in [-0.25, -0.2) is 0 Å². The minimum absolute atomic E-state index is 0.0434. The summed E-state index contributed by atoms with van der Waals surface area (Å²) in [5, 5.41) is 9.54. The van der Waals surface area contributed by atoms with E-state index in [4.69, 9.17) is 9.72 Å². The Hall–Kier alpha value is -7.70. The molecule has 11 aromatic rings. The molecule has 0 saturated carbocycles. The third kappa shape index (κ3) is 6.97. The number of fused-ring (bicyclic) bond motifs is 6. The van der Waals surface area contributed by atoms with Crippen LogP contribution < -0.4 is 43.1 Å². The van der Waals surface area contributed by atoms with Crippen LogP contribution in [0.4, 0.5) is 22.7 Å². The zero-order valence-corrected chi connectivity index (χ0v) is 44.1. The Labute approximate surface area is 425 Å².